The highest BCUT2D eigenvalue weighted by atomic mass is 32.2. The van der Waals surface area contributed by atoms with Crippen molar-refractivity contribution >= 4 is 24.4 Å². The van der Waals surface area contributed by atoms with Crippen molar-refractivity contribution in [3.05, 3.63) is 0 Å². The summed E-state index contributed by atoms with van der Waals surface area (Å²) in [5.41, 5.74) is 0. The van der Waals surface area contributed by atoms with Gasteiger partial charge in [-0.3, -0.25) is 0 Å². The number of thioether (sulfide) groups is 1. The molecule has 1 N–H and O–H groups in total. The van der Waals surface area contributed by atoms with E-state index in [1.165, 1.54) is 5.75 Å². The molecular formula is C4H9NS2. The molecule has 1 nitrogen and oxygen atoms in total. The fraction of sp³-hybridized carbons (Fsp3) is 1.00. The molecule has 0 aliphatic carbocycles. The largest absolute Gasteiger partial charge is 0.304 e. The molecule has 0 aromatic carbocycles. The number of rotatable bonds is 0. The van der Waals surface area contributed by atoms with Gasteiger partial charge in [0.2, 0.25) is 0 Å². The summed E-state index contributed by atoms with van der Waals surface area (Å²) in [5.74, 6) is 2.40. The van der Waals surface area contributed by atoms with E-state index in [0.29, 0.717) is 5.37 Å². The minimum atomic E-state index is 0.443. The van der Waals surface area contributed by atoms with E-state index in [-0.39, 0.29) is 0 Å². The molecule has 1 fully saturated rings. The van der Waals surface area contributed by atoms with Crippen molar-refractivity contribution in [1.29, 1.82) is 0 Å². The third-order valence-electron chi connectivity index (χ3n) is 0.902. The number of thiol groups is 1. The number of hydrogen-bond donors (Lipinski definition) is 2. The quantitative estimate of drug-likeness (QED) is 0.471. The molecule has 1 aliphatic rings. The molecule has 1 heterocycles. The van der Waals surface area contributed by atoms with Crippen LogP contribution in [0.4, 0.5) is 0 Å². The van der Waals surface area contributed by atoms with E-state index in [1.807, 2.05) is 11.8 Å². The van der Waals surface area contributed by atoms with Crippen LogP contribution in [-0.4, -0.2) is 23.4 Å². The summed E-state index contributed by atoms with van der Waals surface area (Å²) in [7, 11) is 0. The zero-order valence-corrected chi connectivity index (χ0v) is 5.77. The Hall–Kier alpha value is 0.660. The van der Waals surface area contributed by atoms with Crippen molar-refractivity contribution in [2.45, 2.75) is 5.37 Å². The molecule has 0 aromatic heterocycles. The maximum atomic E-state index is 4.23. The third kappa shape index (κ3) is 1.93. The first-order chi connectivity index (χ1) is 3.39. The van der Waals surface area contributed by atoms with Crippen molar-refractivity contribution in [3.8, 4) is 0 Å². The van der Waals surface area contributed by atoms with Crippen LogP contribution in [0, 0.1) is 0 Å². The first-order valence-corrected chi connectivity index (χ1v) is 4.06. The second-order valence-corrected chi connectivity index (χ2v) is 3.32. The Balaban J connectivity index is 2.12. The second kappa shape index (κ2) is 2.84. The van der Waals surface area contributed by atoms with Crippen LogP contribution in [0.25, 0.3) is 0 Å². The number of nitrogens with one attached hydrogen (secondary N) is 1. The van der Waals surface area contributed by atoms with Gasteiger partial charge >= 0.3 is 0 Å². The summed E-state index contributed by atoms with van der Waals surface area (Å²) in [5, 5.41) is 3.67. The minimum Gasteiger partial charge on any atom is -0.304 e. The Bertz CT molecular complexity index is 51.7. The van der Waals surface area contributed by atoms with Crippen LogP contribution in [0.15, 0.2) is 0 Å². The van der Waals surface area contributed by atoms with Crippen molar-refractivity contribution in [1.82, 2.24) is 5.32 Å². The fourth-order valence-electron chi connectivity index (χ4n) is 0.552. The lowest BCUT2D eigenvalue weighted by molar-refractivity contribution is 0.718. The molecule has 0 radical (unpaired) electrons. The Morgan fingerprint density at radius 1 is 1.71 bits per heavy atom. The summed E-state index contributed by atoms with van der Waals surface area (Å²) in [6.07, 6.45) is 0. The third-order valence-corrected chi connectivity index (χ3v) is 2.58. The Morgan fingerprint density at radius 3 is 2.86 bits per heavy atom. The van der Waals surface area contributed by atoms with Crippen LogP contribution in [0.2, 0.25) is 0 Å². The van der Waals surface area contributed by atoms with Crippen LogP contribution >= 0.6 is 24.4 Å². The lowest BCUT2D eigenvalue weighted by Gasteiger charge is -2.17. The van der Waals surface area contributed by atoms with E-state index in [4.69, 9.17) is 0 Å². The lowest BCUT2D eigenvalue weighted by atomic mass is 10.6. The first kappa shape index (κ1) is 5.79. The maximum Gasteiger partial charge on any atom is 0.0594 e. The molecular weight excluding hydrogens is 126 g/mol. The van der Waals surface area contributed by atoms with Crippen LogP contribution < -0.4 is 5.32 Å². The van der Waals surface area contributed by atoms with Gasteiger partial charge in [0.15, 0.2) is 0 Å². The zero-order chi connectivity index (χ0) is 5.11. The molecule has 0 spiro atoms. The Kier molecular flexibility index (Phi) is 2.35. The summed E-state index contributed by atoms with van der Waals surface area (Å²) in [6.45, 7) is 1.12. The highest BCUT2D eigenvalue weighted by molar-refractivity contribution is 8.00. The second-order valence-electron chi connectivity index (χ2n) is 1.54. The molecule has 1 rings (SSSR count). The summed E-state index contributed by atoms with van der Waals surface area (Å²) in [6, 6.07) is 0. The maximum absolute atomic E-state index is 4.23. The van der Waals surface area contributed by atoms with Crippen LogP contribution in [0.1, 0.15) is 0 Å². The van der Waals surface area contributed by atoms with Gasteiger partial charge in [-0.25, -0.2) is 0 Å². The van der Waals surface area contributed by atoms with E-state index in [1.54, 1.807) is 0 Å². The molecule has 1 atom stereocenters. The average Bonchev–Trinajstić information content (AvgIpc) is 1.69. The van der Waals surface area contributed by atoms with Gasteiger partial charge in [0.25, 0.3) is 0 Å². The highest BCUT2D eigenvalue weighted by Crippen LogP contribution is 2.08. The SMILES string of the molecule is SC1CSCCN1. The smallest absolute Gasteiger partial charge is 0.0594 e. The predicted octanol–water partition coefficient (Wildman–Crippen LogP) is 0.579. The van der Waals surface area contributed by atoms with Gasteiger partial charge in [-0.2, -0.15) is 24.4 Å². The molecule has 1 aliphatic heterocycles. The van der Waals surface area contributed by atoms with E-state index in [9.17, 15) is 0 Å². The lowest BCUT2D eigenvalue weighted by Crippen LogP contribution is -2.32. The van der Waals surface area contributed by atoms with Crippen molar-refractivity contribution in [2.75, 3.05) is 18.1 Å². The Morgan fingerprint density at radius 2 is 2.57 bits per heavy atom. The molecule has 1 unspecified atom stereocenters. The standard InChI is InChI=1S/C4H9NS2/c6-4-3-7-2-1-5-4/h4-6H,1-3H2. The van der Waals surface area contributed by atoms with Gasteiger partial charge in [-0.15, -0.1) is 0 Å². The van der Waals surface area contributed by atoms with Gasteiger partial charge in [0.05, 0.1) is 5.37 Å². The van der Waals surface area contributed by atoms with Gasteiger partial charge in [-0.1, -0.05) is 0 Å². The zero-order valence-electron chi connectivity index (χ0n) is 4.05. The van der Waals surface area contributed by atoms with Gasteiger partial charge in [0.1, 0.15) is 0 Å². The van der Waals surface area contributed by atoms with Gasteiger partial charge in [-0.05, 0) is 0 Å². The minimum absolute atomic E-state index is 0.443. The van der Waals surface area contributed by atoms with E-state index in [2.05, 4.69) is 17.9 Å². The fourth-order valence-corrected chi connectivity index (χ4v) is 1.77. The van der Waals surface area contributed by atoms with Crippen LogP contribution in [0.5, 0.6) is 0 Å². The highest BCUT2D eigenvalue weighted by Gasteiger charge is 2.05. The molecule has 0 saturated carbocycles. The van der Waals surface area contributed by atoms with Crippen molar-refractivity contribution in [2.24, 2.45) is 0 Å². The summed E-state index contributed by atoms with van der Waals surface area (Å²) >= 11 is 6.19. The summed E-state index contributed by atoms with van der Waals surface area (Å²) in [4.78, 5) is 0. The van der Waals surface area contributed by atoms with E-state index < -0.39 is 0 Å². The summed E-state index contributed by atoms with van der Waals surface area (Å²) < 4.78 is 0. The van der Waals surface area contributed by atoms with Gasteiger partial charge < -0.3 is 5.32 Å². The molecule has 0 amide bonds. The predicted molar refractivity (Wildman–Crippen MR) is 38.1 cm³/mol. The molecule has 7 heavy (non-hydrogen) atoms. The number of hydrogen-bond acceptors (Lipinski definition) is 3. The molecule has 0 aromatic rings. The molecule has 42 valence electrons. The van der Waals surface area contributed by atoms with Crippen LogP contribution in [-0.2, 0) is 0 Å². The monoisotopic (exact) mass is 135 g/mol. The van der Waals surface area contributed by atoms with Crippen molar-refractivity contribution in [3.63, 3.8) is 0 Å². The van der Waals surface area contributed by atoms with Crippen molar-refractivity contribution < 1.29 is 0 Å². The van der Waals surface area contributed by atoms with Gasteiger partial charge in [0, 0.05) is 18.1 Å². The topological polar surface area (TPSA) is 12.0 Å². The first-order valence-electron chi connectivity index (χ1n) is 2.39. The average molecular weight is 135 g/mol. The molecule has 1 saturated heterocycles. The Labute approximate surface area is 53.7 Å². The van der Waals surface area contributed by atoms with Crippen LogP contribution in [0.3, 0.4) is 0 Å². The molecule has 0 bridgehead atoms. The van der Waals surface area contributed by atoms with E-state index >= 15 is 0 Å². The van der Waals surface area contributed by atoms with E-state index in [0.717, 1.165) is 12.3 Å². The molecule has 3 heteroatoms. The normalized spacial score (nSPS) is 33.0.